The number of halogens is 1. The lowest BCUT2D eigenvalue weighted by atomic mass is 9.97. The normalized spacial score (nSPS) is 10.2. The second-order valence-corrected chi connectivity index (χ2v) is 4.24. The van der Waals surface area contributed by atoms with E-state index < -0.39 is 5.97 Å². The van der Waals surface area contributed by atoms with Crippen molar-refractivity contribution in [2.24, 2.45) is 0 Å². The lowest BCUT2D eigenvalue weighted by molar-refractivity contribution is 0.0698. The van der Waals surface area contributed by atoms with E-state index in [1.165, 1.54) is 0 Å². The van der Waals surface area contributed by atoms with Gasteiger partial charge in [-0.3, -0.25) is 0 Å². The number of benzene rings is 2. The van der Waals surface area contributed by atoms with Crippen LogP contribution in [0.5, 0.6) is 0 Å². The summed E-state index contributed by atoms with van der Waals surface area (Å²) in [6, 6.07) is 12.5. The van der Waals surface area contributed by atoms with Gasteiger partial charge in [-0.05, 0) is 24.6 Å². The first-order valence-electron chi connectivity index (χ1n) is 5.18. The lowest BCUT2D eigenvalue weighted by Crippen LogP contribution is -2.00. The molecule has 0 unspecified atom stereocenters. The van der Waals surface area contributed by atoms with Gasteiger partial charge in [0.05, 0.1) is 5.56 Å². The van der Waals surface area contributed by atoms with Crippen LogP contribution in [0.3, 0.4) is 0 Å². The summed E-state index contributed by atoms with van der Waals surface area (Å²) in [5.41, 5.74) is 2.67. The number of aromatic carboxylic acids is 1. The number of carboxylic acid groups (broad SMARTS) is 1. The summed E-state index contributed by atoms with van der Waals surface area (Å²) < 4.78 is 0. The maximum absolute atomic E-state index is 11.2. The van der Waals surface area contributed by atoms with E-state index >= 15 is 0 Å². The monoisotopic (exact) mass is 246 g/mol. The van der Waals surface area contributed by atoms with Gasteiger partial charge in [-0.25, -0.2) is 4.79 Å². The van der Waals surface area contributed by atoms with Crippen molar-refractivity contribution in [3.8, 4) is 11.1 Å². The molecule has 0 spiro atoms. The van der Waals surface area contributed by atoms with Gasteiger partial charge in [-0.2, -0.15) is 0 Å². The van der Waals surface area contributed by atoms with E-state index in [2.05, 4.69) is 0 Å². The molecule has 0 aromatic heterocycles. The number of hydrogen-bond donors (Lipinski definition) is 1. The van der Waals surface area contributed by atoms with Crippen LogP contribution in [0.2, 0.25) is 5.02 Å². The minimum atomic E-state index is -0.945. The Balaban J connectivity index is 2.70. The van der Waals surface area contributed by atoms with Gasteiger partial charge in [0.2, 0.25) is 0 Å². The summed E-state index contributed by atoms with van der Waals surface area (Å²) in [6.45, 7) is 1.92. The molecule has 0 aliphatic carbocycles. The predicted molar refractivity (Wildman–Crippen MR) is 68.6 cm³/mol. The summed E-state index contributed by atoms with van der Waals surface area (Å²) >= 11 is 6.09. The molecule has 0 heterocycles. The van der Waals surface area contributed by atoms with E-state index in [0.717, 1.165) is 11.1 Å². The van der Waals surface area contributed by atoms with Crippen LogP contribution < -0.4 is 0 Å². The second-order valence-electron chi connectivity index (χ2n) is 3.83. The van der Waals surface area contributed by atoms with Gasteiger partial charge in [0.1, 0.15) is 0 Å². The fourth-order valence-corrected chi connectivity index (χ4v) is 1.98. The first-order chi connectivity index (χ1) is 8.09. The van der Waals surface area contributed by atoms with Crippen molar-refractivity contribution < 1.29 is 9.90 Å². The Labute approximate surface area is 104 Å². The molecule has 2 aromatic carbocycles. The Morgan fingerprint density at radius 2 is 1.82 bits per heavy atom. The Bertz CT molecular complexity index is 576. The highest BCUT2D eigenvalue weighted by atomic mass is 35.5. The Morgan fingerprint density at radius 1 is 1.12 bits per heavy atom. The number of carbonyl (C=O) groups is 1. The fraction of sp³-hybridized carbons (Fsp3) is 0.0714. The van der Waals surface area contributed by atoms with Gasteiger partial charge < -0.3 is 5.11 Å². The largest absolute Gasteiger partial charge is 0.478 e. The number of aryl methyl sites for hydroxylation is 1. The summed E-state index contributed by atoms with van der Waals surface area (Å²) in [5.74, 6) is -0.945. The van der Waals surface area contributed by atoms with Gasteiger partial charge in [0.25, 0.3) is 0 Å². The minimum absolute atomic E-state index is 0.267. The molecule has 2 rings (SSSR count). The van der Waals surface area contributed by atoms with Crippen molar-refractivity contribution in [3.63, 3.8) is 0 Å². The SMILES string of the molecule is Cc1ccc(C(=O)O)c(-c2ccccc2Cl)c1. The fourth-order valence-electron chi connectivity index (χ4n) is 1.75. The number of rotatable bonds is 2. The Morgan fingerprint density at radius 3 is 2.47 bits per heavy atom. The second kappa shape index (κ2) is 4.60. The Hall–Kier alpha value is -1.80. The molecule has 0 bridgehead atoms. The molecule has 0 fully saturated rings. The van der Waals surface area contributed by atoms with E-state index in [9.17, 15) is 4.79 Å². The van der Waals surface area contributed by atoms with Crippen LogP contribution in [0.1, 0.15) is 15.9 Å². The number of hydrogen-bond acceptors (Lipinski definition) is 1. The third kappa shape index (κ3) is 2.32. The van der Waals surface area contributed by atoms with Crippen LogP contribution in [0.25, 0.3) is 11.1 Å². The molecule has 0 aliphatic heterocycles. The maximum Gasteiger partial charge on any atom is 0.336 e. The standard InChI is InChI=1S/C14H11ClO2/c1-9-6-7-11(14(16)17)12(8-9)10-4-2-3-5-13(10)15/h2-8H,1H3,(H,16,17). The van der Waals surface area contributed by atoms with Crippen LogP contribution in [0.15, 0.2) is 42.5 Å². The molecule has 86 valence electrons. The highest BCUT2D eigenvalue weighted by Gasteiger charge is 2.13. The lowest BCUT2D eigenvalue weighted by Gasteiger charge is -2.09. The molecular weight excluding hydrogens is 236 g/mol. The maximum atomic E-state index is 11.2. The smallest absolute Gasteiger partial charge is 0.336 e. The van der Waals surface area contributed by atoms with E-state index in [1.807, 2.05) is 31.2 Å². The molecule has 0 amide bonds. The molecule has 3 heteroatoms. The average Bonchev–Trinajstić information content (AvgIpc) is 2.29. The molecule has 0 saturated heterocycles. The summed E-state index contributed by atoms with van der Waals surface area (Å²) in [6.07, 6.45) is 0. The first-order valence-corrected chi connectivity index (χ1v) is 5.56. The highest BCUT2D eigenvalue weighted by Crippen LogP contribution is 2.31. The quantitative estimate of drug-likeness (QED) is 0.869. The summed E-state index contributed by atoms with van der Waals surface area (Å²) in [5, 5.41) is 9.72. The van der Waals surface area contributed by atoms with Crippen molar-refractivity contribution in [3.05, 3.63) is 58.6 Å². The molecule has 0 atom stereocenters. The minimum Gasteiger partial charge on any atom is -0.478 e. The molecule has 17 heavy (non-hydrogen) atoms. The number of carboxylic acids is 1. The molecule has 0 aliphatic rings. The van der Waals surface area contributed by atoms with Crippen LogP contribution in [0.4, 0.5) is 0 Å². The topological polar surface area (TPSA) is 37.3 Å². The van der Waals surface area contributed by atoms with Crippen molar-refractivity contribution in [2.45, 2.75) is 6.92 Å². The first kappa shape index (κ1) is 11.7. The van der Waals surface area contributed by atoms with Gasteiger partial charge in [0.15, 0.2) is 0 Å². The van der Waals surface area contributed by atoms with E-state index in [4.69, 9.17) is 16.7 Å². The third-order valence-electron chi connectivity index (χ3n) is 2.57. The Kier molecular flexibility index (Phi) is 3.16. The zero-order valence-corrected chi connectivity index (χ0v) is 10.0. The van der Waals surface area contributed by atoms with Crippen molar-refractivity contribution in [1.82, 2.24) is 0 Å². The van der Waals surface area contributed by atoms with Gasteiger partial charge >= 0.3 is 5.97 Å². The predicted octanol–water partition coefficient (Wildman–Crippen LogP) is 4.01. The van der Waals surface area contributed by atoms with E-state index in [1.54, 1.807) is 18.2 Å². The van der Waals surface area contributed by atoms with Crippen LogP contribution in [0, 0.1) is 6.92 Å². The van der Waals surface area contributed by atoms with Gasteiger partial charge in [-0.15, -0.1) is 0 Å². The molecule has 0 radical (unpaired) electrons. The van der Waals surface area contributed by atoms with Gasteiger partial charge in [-0.1, -0.05) is 47.5 Å². The molecule has 2 nitrogen and oxygen atoms in total. The highest BCUT2D eigenvalue weighted by molar-refractivity contribution is 6.33. The van der Waals surface area contributed by atoms with Crippen molar-refractivity contribution in [1.29, 1.82) is 0 Å². The molecule has 2 aromatic rings. The zero-order valence-electron chi connectivity index (χ0n) is 9.27. The van der Waals surface area contributed by atoms with E-state index in [-0.39, 0.29) is 5.56 Å². The van der Waals surface area contributed by atoms with Crippen LogP contribution >= 0.6 is 11.6 Å². The summed E-state index contributed by atoms with van der Waals surface area (Å²) in [7, 11) is 0. The van der Waals surface area contributed by atoms with Crippen molar-refractivity contribution >= 4 is 17.6 Å². The van der Waals surface area contributed by atoms with Gasteiger partial charge in [0, 0.05) is 10.6 Å². The van der Waals surface area contributed by atoms with Crippen LogP contribution in [-0.2, 0) is 0 Å². The molecule has 0 saturated carbocycles. The van der Waals surface area contributed by atoms with E-state index in [0.29, 0.717) is 10.6 Å². The average molecular weight is 247 g/mol. The third-order valence-corrected chi connectivity index (χ3v) is 2.90. The summed E-state index contributed by atoms with van der Waals surface area (Å²) in [4.78, 5) is 11.2. The van der Waals surface area contributed by atoms with Crippen molar-refractivity contribution in [2.75, 3.05) is 0 Å². The van der Waals surface area contributed by atoms with Crippen LogP contribution in [-0.4, -0.2) is 11.1 Å². The molecule has 1 N–H and O–H groups in total. The molecular formula is C14H11ClO2. The zero-order chi connectivity index (χ0) is 12.4.